The molecule has 0 N–H and O–H groups in total. The number of carbonyl (C=O) groups excluding carboxylic acids is 1. The van der Waals surface area contributed by atoms with Crippen LogP contribution in [0.4, 0.5) is 5.82 Å². The molecule has 1 fully saturated rings. The molecule has 2 aliphatic heterocycles. The Bertz CT molecular complexity index is 1080. The maximum absolute atomic E-state index is 13.3. The zero-order chi connectivity index (χ0) is 21.3. The van der Waals surface area contributed by atoms with Crippen LogP contribution in [-0.2, 0) is 22.6 Å². The van der Waals surface area contributed by atoms with E-state index >= 15 is 0 Å². The highest BCUT2D eigenvalue weighted by molar-refractivity contribution is 7.93. The van der Waals surface area contributed by atoms with Gasteiger partial charge in [0.05, 0.1) is 16.3 Å². The molecule has 3 heterocycles. The number of fused-ring (bicyclic) bond motifs is 1. The zero-order valence-electron chi connectivity index (χ0n) is 17.8. The van der Waals surface area contributed by atoms with Gasteiger partial charge in [-0.05, 0) is 43.9 Å². The molecule has 1 atom stereocenters. The zero-order valence-corrected chi connectivity index (χ0v) is 18.6. The number of aryl methyl sites for hydroxylation is 2. The summed E-state index contributed by atoms with van der Waals surface area (Å²) < 4.78 is 23.0. The molecule has 0 aliphatic carbocycles. The van der Waals surface area contributed by atoms with Crippen molar-refractivity contribution in [1.29, 1.82) is 0 Å². The first-order chi connectivity index (χ1) is 14.4. The molecule has 2 aromatic rings. The normalized spacial score (nSPS) is 18.4. The first-order valence-corrected chi connectivity index (χ1v) is 12.4. The Balaban J connectivity index is 1.46. The Kier molecular flexibility index (Phi) is 5.77. The molecule has 1 amide bonds. The third kappa shape index (κ3) is 4.33. The van der Waals surface area contributed by atoms with Gasteiger partial charge in [-0.3, -0.25) is 4.79 Å². The molecular weight excluding hydrogens is 400 g/mol. The number of hydrogen-bond donors (Lipinski definition) is 0. The van der Waals surface area contributed by atoms with Gasteiger partial charge < -0.3 is 9.64 Å². The lowest BCUT2D eigenvalue weighted by molar-refractivity contribution is 0.100. The molecule has 1 saturated heterocycles. The van der Waals surface area contributed by atoms with Crippen molar-refractivity contribution in [2.75, 3.05) is 30.9 Å². The number of amides is 1. The van der Waals surface area contributed by atoms with E-state index in [0.29, 0.717) is 25.0 Å². The third-order valence-electron chi connectivity index (χ3n) is 5.83. The van der Waals surface area contributed by atoms with Gasteiger partial charge in [-0.15, -0.1) is 0 Å². The largest absolute Gasteiger partial charge is 0.493 e. The standard InChI is InChI=1S/C22H28N4O3S/c1-4-18-14-21(24-15(2)23-18)26-10-7-19(8-11-26)30(3,28)25-22(27)17-6-5-16-9-12-29-20(16)13-17/h5-6,13-14,19H,4,7-12H2,1-3H3. The summed E-state index contributed by atoms with van der Waals surface area (Å²) in [5.41, 5.74) is 2.56. The van der Waals surface area contributed by atoms with Crippen LogP contribution < -0.4 is 9.64 Å². The van der Waals surface area contributed by atoms with Gasteiger partial charge in [0.15, 0.2) is 0 Å². The topological polar surface area (TPSA) is 84.8 Å². The Morgan fingerprint density at radius 3 is 2.77 bits per heavy atom. The Hall–Kier alpha value is -2.48. The first kappa shape index (κ1) is 20.8. The minimum Gasteiger partial charge on any atom is -0.493 e. The monoisotopic (exact) mass is 428 g/mol. The number of aromatic nitrogens is 2. The van der Waals surface area contributed by atoms with E-state index in [1.54, 1.807) is 18.4 Å². The lowest BCUT2D eigenvalue weighted by atomic mass is 10.1. The van der Waals surface area contributed by atoms with Crippen molar-refractivity contribution in [2.24, 2.45) is 4.36 Å². The fraction of sp³-hybridized carbons (Fsp3) is 0.500. The van der Waals surface area contributed by atoms with Crippen LogP contribution in [0.3, 0.4) is 0 Å². The van der Waals surface area contributed by atoms with Crippen LogP contribution >= 0.6 is 0 Å². The number of ether oxygens (including phenoxy) is 1. The summed E-state index contributed by atoms with van der Waals surface area (Å²) in [6, 6.07) is 7.39. The summed E-state index contributed by atoms with van der Waals surface area (Å²) in [5.74, 6) is 2.00. The molecule has 8 heteroatoms. The van der Waals surface area contributed by atoms with Crippen LogP contribution in [0.2, 0.25) is 0 Å². The summed E-state index contributed by atoms with van der Waals surface area (Å²) in [4.78, 5) is 23.9. The van der Waals surface area contributed by atoms with Crippen molar-refractivity contribution in [3.05, 3.63) is 46.9 Å². The van der Waals surface area contributed by atoms with E-state index in [2.05, 4.69) is 26.2 Å². The van der Waals surface area contributed by atoms with Crippen LogP contribution in [0.5, 0.6) is 5.75 Å². The predicted octanol–water partition coefficient (Wildman–Crippen LogP) is 3.19. The average molecular weight is 429 g/mol. The summed E-state index contributed by atoms with van der Waals surface area (Å²) in [6.45, 7) is 6.11. The van der Waals surface area contributed by atoms with Gasteiger partial charge in [-0.1, -0.05) is 13.0 Å². The summed E-state index contributed by atoms with van der Waals surface area (Å²) >= 11 is 0. The second-order valence-corrected chi connectivity index (χ2v) is 10.6. The van der Waals surface area contributed by atoms with Crippen LogP contribution in [0.15, 0.2) is 28.6 Å². The highest BCUT2D eigenvalue weighted by atomic mass is 32.2. The number of carbonyl (C=O) groups is 1. The van der Waals surface area contributed by atoms with Crippen molar-refractivity contribution in [1.82, 2.24) is 9.97 Å². The quantitative estimate of drug-likeness (QED) is 0.744. The van der Waals surface area contributed by atoms with E-state index in [-0.39, 0.29) is 5.25 Å². The second kappa shape index (κ2) is 8.34. The van der Waals surface area contributed by atoms with Gasteiger partial charge in [-0.2, -0.15) is 4.36 Å². The molecule has 0 spiro atoms. The average Bonchev–Trinajstić information content (AvgIpc) is 3.21. The van der Waals surface area contributed by atoms with Crippen molar-refractivity contribution < 1.29 is 13.7 Å². The van der Waals surface area contributed by atoms with Gasteiger partial charge in [0.1, 0.15) is 17.4 Å². The fourth-order valence-corrected chi connectivity index (χ4v) is 5.74. The van der Waals surface area contributed by atoms with Gasteiger partial charge in [0, 0.05) is 48.3 Å². The Morgan fingerprint density at radius 1 is 1.27 bits per heavy atom. The summed E-state index contributed by atoms with van der Waals surface area (Å²) in [7, 11) is -2.65. The SMILES string of the molecule is CCc1cc(N2CCC(S(C)(=O)=NC(=O)c3ccc4c(c3)OCC4)CC2)nc(C)n1. The first-order valence-electron chi connectivity index (χ1n) is 10.5. The number of hydrogen-bond acceptors (Lipinski definition) is 6. The lowest BCUT2D eigenvalue weighted by Gasteiger charge is -2.33. The number of rotatable bonds is 4. The molecule has 0 radical (unpaired) electrons. The molecule has 1 aromatic heterocycles. The van der Waals surface area contributed by atoms with E-state index in [1.165, 1.54) is 0 Å². The number of nitrogens with zero attached hydrogens (tertiary/aromatic N) is 4. The Morgan fingerprint density at radius 2 is 2.03 bits per heavy atom. The minimum absolute atomic E-state index is 0.114. The lowest BCUT2D eigenvalue weighted by Crippen LogP contribution is -2.39. The number of anilines is 1. The van der Waals surface area contributed by atoms with Crippen molar-refractivity contribution in [3.8, 4) is 5.75 Å². The molecule has 0 saturated carbocycles. The molecule has 30 heavy (non-hydrogen) atoms. The maximum Gasteiger partial charge on any atom is 0.285 e. The third-order valence-corrected chi connectivity index (χ3v) is 8.07. The van der Waals surface area contributed by atoms with Crippen LogP contribution in [-0.4, -0.2) is 51.3 Å². The number of piperidine rings is 1. The van der Waals surface area contributed by atoms with Gasteiger partial charge in [0.25, 0.3) is 5.91 Å². The second-order valence-electron chi connectivity index (χ2n) is 7.98. The van der Waals surface area contributed by atoms with E-state index in [1.807, 2.05) is 19.1 Å². The summed E-state index contributed by atoms with van der Waals surface area (Å²) in [5, 5.41) is -0.114. The molecule has 2 aliphatic rings. The molecule has 1 unspecified atom stereocenters. The van der Waals surface area contributed by atoms with Crippen LogP contribution in [0, 0.1) is 6.92 Å². The Labute approximate surface area is 178 Å². The predicted molar refractivity (Wildman–Crippen MR) is 118 cm³/mol. The molecule has 7 nitrogen and oxygen atoms in total. The molecule has 0 bridgehead atoms. The van der Waals surface area contributed by atoms with E-state index in [4.69, 9.17) is 4.74 Å². The number of benzene rings is 1. The van der Waals surface area contributed by atoms with E-state index < -0.39 is 15.6 Å². The van der Waals surface area contributed by atoms with E-state index in [9.17, 15) is 9.00 Å². The van der Waals surface area contributed by atoms with Crippen molar-refractivity contribution in [3.63, 3.8) is 0 Å². The maximum atomic E-state index is 13.3. The van der Waals surface area contributed by atoms with Crippen molar-refractivity contribution >= 4 is 21.5 Å². The van der Waals surface area contributed by atoms with Gasteiger partial charge >= 0.3 is 0 Å². The highest BCUT2D eigenvalue weighted by Crippen LogP contribution is 2.27. The minimum atomic E-state index is -2.65. The highest BCUT2D eigenvalue weighted by Gasteiger charge is 2.28. The van der Waals surface area contributed by atoms with Crippen LogP contribution in [0.25, 0.3) is 0 Å². The fourth-order valence-electron chi connectivity index (χ4n) is 4.07. The molecular formula is C22H28N4O3S. The van der Waals surface area contributed by atoms with Crippen LogP contribution in [0.1, 0.15) is 47.2 Å². The van der Waals surface area contributed by atoms with Gasteiger partial charge in [-0.25, -0.2) is 14.2 Å². The van der Waals surface area contributed by atoms with Crippen molar-refractivity contribution in [2.45, 2.75) is 44.8 Å². The molecule has 4 rings (SSSR count). The van der Waals surface area contributed by atoms with Gasteiger partial charge in [0.2, 0.25) is 0 Å². The molecule has 1 aromatic carbocycles. The van der Waals surface area contributed by atoms with E-state index in [0.717, 1.165) is 54.6 Å². The summed E-state index contributed by atoms with van der Waals surface area (Å²) in [6.07, 6.45) is 4.76. The smallest absolute Gasteiger partial charge is 0.285 e. The molecule has 160 valence electrons.